The Morgan fingerprint density at radius 1 is 1.23 bits per heavy atom. The fourth-order valence-electron chi connectivity index (χ4n) is 4.15. The Bertz CT molecular complexity index is 716. The van der Waals surface area contributed by atoms with Gasteiger partial charge in [-0.25, -0.2) is 4.98 Å². The predicted molar refractivity (Wildman–Crippen MR) is 119 cm³/mol. The van der Waals surface area contributed by atoms with E-state index in [1.807, 2.05) is 11.0 Å². The molecule has 0 spiro atoms. The van der Waals surface area contributed by atoms with E-state index in [0.29, 0.717) is 19.7 Å². The monoisotopic (exact) mass is 416 g/mol. The van der Waals surface area contributed by atoms with E-state index < -0.39 is 0 Å². The molecular weight excluding hydrogens is 380 g/mol. The number of nitrogens with zero attached hydrogens (tertiary/aromatic N) is 3. The first-order chi connectivity index (χ1) is 14.6. The molecule has 7 nitrogen and oxygen atoms in total. The summed E-state index contributed by atoms with van der Waals surface area (Å²) in [4.78, 5) is 34.0. The molecule has 3 rings (SSSR count). The molecule has 1 fully saturated rings. The Hall–Kier alpha value is -2.15. The van der Waals surface area contributed by atoms with Crippen LogP contribution in [0, 0.1) is 5.92 Å². The van der Waals surface area contributed by atoms with Crippen LogP contribution in [0.4, 0.5) is 11.6 Å². The van der Waals surface area contributed by atoms with Crippen LogP contribution in [0.2, 0.25) is 0 Å². The Morgan fingerprint density at radius 2 is 2.03 bits per heavy atom. The van der Waals surface area contributed by atoms with Crippen LogP contribution in [-0.2, 0) is 20.7 Å². The number of nitrogens with one attached hydrogen (secondary N) is 1. The summed E-state index contributed by atoms with van der Waals surface area (Å²) in [7, 11) is 0. The molecule has 30 heavy (non-hydrogen) atoms. The van der Waals surface area contributed by atoms with Gasteiger partial charge in [-0.05, 0) is 63.2 Å². The van der Waals surface area contributed by atoms with Gasteiger partial charge in [-0.3, -0.25) is 19.4 Å². The third-order valence-electron chi connectivity index (χ3n) is 5.92. The first-order valence-electron chi connectivity index (χ1n) is 11.6. The van der Waals surface area contributed by atoms with Crippen LogP contribution in [0.5, 0.6) is 0 Å². The summed E-state index contributed by atoms with van der Waals surface area (Å²) in [5.41, 5.74) is 1.23. The molecule has 1 amide bonds. The lowest BCUT2D eigenvalue weighted by Gasteiger charge is -2.33. The van der Waals surface area contributed by atoms with Crippen molar-refractivity contribution < 1.29 is 14.3 Å². The number of carbonyl (C=O) groups is 2. The number of likely N-dealkylation sites (tertiary alicyclic amines) is 1. The van der Waals surface area contributed by atoms with E-state index in [1.165, 1.54) is 5.56 Å². The summed E-state index contributed by atoms with van der Waals surface area (Å²) >= 11 is 0. The normalized spacial score (nSPS) is 17.1. The van der Waals surface area contributed by atoms with E-state index in [1.54, 1.807) is 0 Å². The van der Waals surface area contributed by atoms with Crippen LogP contribution >= 0.6 is 0 Å². The van der Waals surface area contributed by atoms with Gasteiger partial charge >= 0.3 is 5.97 Å². The molecule has 1 saturated heterocycles. The third-order valence-corrected chi connectivity index (χ3v) is 5.92. The Morgan fingerprint density at radius 3 is 2.77 bits per heavy atom. The first kappa shape index (κ1) is 22.5. The molecule has 3 heterocycles. The number of ether oxygens (including phenoxy) is 1. The molecule has 1 aromatic rings. The summed E-state index contributed by atoms with van der Waals surface area (Å²) in [5.74, 6) is 1.65. The number of piperidine rings is 1. The number of hydrogen-bond acceptors (Lipinski definition) is 6. The second-order valence-corrected chi connectivity index (χ2v) is 8.32. The van der Waals surface area contributed by atoms with E-state index >= 15 is 0 Å². The highest BCUT2D eigenvalue weighted by atomic mass is 16.5. The highest BCUT2D eigenvalue weighted by Gasteiger charge is 2.30. The zero-order valence-corrected chi connectivity index (χ0v) is 18.5. The van der Waals surface area contributed by atoms with E-state index in [4.69, 9.17) is 9.72 Å². The number of carbonyl (C=O) groups excluding carboxylic acids is 2. The summed E-state index contributed by atoms with van der Waals surface area (Å²) in [6, 6.07) is 4.09. The van der Waals surface area contributed by atoms with E-state index in [9.17, 15) is 9.59 Å². The van der Waals surface area contributed by atoms with Gasteiger partial charge in [-0.2, -0.15) is 0 Å². The SMILES string of the molecule is CCCCOC(=O)CN1CCC(C(=O)N(CCC)c2ccc3c(n2)NCCC3)CC1. The average molecular weight is 417 g/mol. The summed E-state index contributed by atoms with van der Waals surface area (Å²) < 4.78 is 5.26. The second kappa shape index (κ2) is 11.3. The molecule has 1 N–H and O–H groups in total. The molecule has 0 saturated carbocycles. The highest BCUT2D eigenvalue weighted by Crippen LogP contribution is 2.27. The van der Waals surface area contributed by atoms with Gasteiger partial charge in [-0.15, -0.1) is 0 Å². The van der Waals surface area contributed by atoms with Crippen LogP contribution < -0.4 is 10.2 Å². The molecule has 2 aliphatic heterocycles. The number of esters is 1. The van der Waals surface area contributed by atoms with E-state index in [2.05, 4.69) is 30.1 Å². The molecule has 0 radical (unpaired) electrons. The summed E-state index contributed by atoms with van der Waals surface area (Å²) in [6.45, 7) is 8.09. The average Bonchev–Trinajstić information content (AvgIpc) is 2.77. The Kier molecular flexibility index (Phi) is 8.49. The Balaban J connectivity index is 1.56. The van der Waals surface area contributed by atoms with Crippen molar-refractivity contribution in [3.63, 3.8) is 0 Å². The van der Waals surface area contributed by atoms with Crippen molar-refractivity contribution in [1.29, 1.82) is 0 Å². The second-order valence-electron chi connectivity index (χ2n) is 8.32. The van der Waals surface area contributed by atoms with Crippen molar-refractivity contribution in [2.75, 3.05) is 49.5 Å². The smallest absolute Gasteiger partial charge is 0.320 e. The number of amides is 1. The quantitative estimate of drug-likeness (QED) is 0.492. The van der Waals surface area contributed by atoms with Gasteiger partial charge in [0.05, 0.1) is 13.2 Å². The lowest BCUT2D eigenvalue weighted by molar-refractivity contribution is -0.145. The predicted octanol–water partition coefficient (Wildman–Crippen LogP) is 3.24. The lowest BCUT2D eigenvalue weighted by Crippen LogP contribution is -2.44. The van der Waals surface area contributed by atoms with Crippen molar-refractivity contribution in [2.45, 2.75) is 58.8 Å². The largest absolute Gasteiger partial charge is 0.465 e. The van der Waals surface area contributed by atoms with Crippen molar-refractivity contribution >= 4 is 23.5 Å². The number of hydrogen-bond donors (Lipinski definition) is 1. The molecule has 7 heteroatoms. The maximum atomic E-state index is 13.3. The maximum Gasteiger partial charge on any atom is 0.320 e. The van der Waals surface area contributed by atoms with Crippen LogP contribution in [0.1, 0.15) is 57.9 Å². The minimum absolute atomic E-state index is 0.0188. The zero-order chi connectivity index (χ0) is 21.3. The molecule has 0 aromatic carbocycles. The summed E-state index contributed by atoms with van der Waals surface area (Å²) in [5, 5.41) is 3.36. The molecule has 2 aliphatic rings. The number of aryl methyl sites for hydroxylation is 1. The fourth-order valence-corrected chi connectivity index (χ4v) is 4.15. The van der Waals surface area contributed by atoms with Gasteiger partial charge < -0.3 is 10.1 Å². The van der Waals surface area contributed by atoms with Gasteiger partial charge in [0.2, 0.25) is 5.91 Å². The van der Waals surface area contributed by atoms with Gasteiger partial charge in [0.1, 0.15) is 11.6 Å². The fraction of sp³-hybridized carbons (Fsp3) is 0.696. The lowest BCUT2D eigenvalue weighted by atomic mass is 9.95. The minimum atomic E-state index is -0.161. The molecule has 0 aliphatic carbocycles. The van der Waals surface area contributed by atoms with Gasteiger partial charge in [-0.1, -0.05) is 26.3 Å². The van der Waals surface area contributed by atoms with Gasteiger partial charge in [0, 0.05) is 19.0 Å². The third kappa shape index (κ3) is 5.94. The number of pyridine rings is 1. The molecule has 166 valence electrons. The van der Waals surface area contributed by atoms with Crippen LogP contribution in [0.3, 0.4) is 0 Å². The van der Waals surface area contributed by atoms with Crippen LogP contribution in [-0.4, -0.2) is 61.1 Å². The molecule has 0 atom stereocenters. The van der Waals surface area contributed by atoms with Crippen molar-refractivity contribution in [2.24, 2.45) is 5.92 Å². The zero-order valence-electron chi connectivity index (χ0n) is 18.5. The van der Waals surface area contributed by atoms with Crippen LogP contribution in [0.15, 0.2) is 12.1 Å². The maximum absolute atomic E-state index is 13.3. The molecule has 0 bridgehead atoms. The number of rotatable bonds is 9. The Labute approximate surface area is 180 Å². The molecule has 1 aromatic heterocycles. The summed E-state index contributed by atoms with van der Waals surface area (Å²) in [6.07, 6.45) is 6.51. The molecular formula is C23H36N4O3. The van der Waals surface area contributed by atoms with Crippen molar-refractivity contribution in [3.8, 4) is 0 Å². The van der Waals surface area contributed by atoms with E-state index in [-0.39, 0.29) is 17.8 Å². The first-order valence-corrected chi connectivity index (χ1v) is 11.6. The number of aromatic nitrogens is 1. The number of anilines is 2. The van der Waals surface area contributed by atoms with Gasteiger partial charge in [0.15, 0.2) is 0 Å². The van der Waals surface area contributed by atoms with E-state index in [0.717, 1.165) is 76.2 Å². The topological polar surface area (TPSA) is 74.8 Å². The van der Waals surface area contributed by atoms with Gasteiger partial charge in [0.25, 0.3) is 0 Å². The minimum Gasteiger partial charge on any atom is -0.465 e. The number of unbranched alkanes of at least 4 members (excludes halogenated alkanes) is 1. The van der Waals surface area contributed by atoms with Crippen LogP contribution in [0.25, 0.3) is 0 Å². The number of fused-ring (bicyclic) bond motifs is 1. The molecule has 0 unspecified atom stereocenters. The standard InChI is InChI=1S/C23H36N4O3/c1-3-5-16-30-21(28)17-26-14-10-19(11-15-26)23(29)27(13-4-2)20-9-8-18-7-6-12-24-22(18)25-20/h8-9,19H,3-7,10-17H2,1-2H3,(H,24,25). The highest BCUT2D eigenvalue weighted by molar-refractivity contribution is 5.94. The van der Waals surface area contributed by atoms with Crippen molar-refractivity contribution in [3.05, 3.63) is 17.7 Å². The van der Waals surface area contributed by atoms with Crippen molar-refractivity contribution in [1.82, 2.24) is 9.88 Å².